The molecule has 62 heavy (non-hydrogen) atoms. The lowest BCUT2D eigenvalue weighted by Gasteiger charge is -2.41. The molecule has 1 aliphatic heterocycles. The van der Waals surface area contributed by atoms with Gasteiger partial charge in [-0.15, -0.1) is 0 Å². The topological polar surface area (TPSA) is 212 Å². The lowest BCUT2D eigenvalue weighted by molar-refractivity contribution is -0.298. The molecule has 1 heterocycles. The molecule has 7 N–H and O–H groups in total. The van der Waals surface area contributed by atoms with E-state index in [2.05, 4.69) is 23.3 Å². The fourth-order valence-corrected chi connectivity index (χ4v) is 8.98. The first-order chi connectivity index (χ1) is 29.9. The molecule has 0 radical (unpaired) electrons. The van der Waals surface area contributed by atoms with Gasteiger partial charge in [0, 0.05) is 0 Å². The summed E-state index contributed by atoms with van der Waals surface area (Å²) in [5.41, 5.74) is 0. The molecule has 0 bridgehead atoms. The summed E-state index contributed by atoms with van der Waals surface area (Å²) in [6.07, 6.45) is 30.0. The Morgan fingerprint density at radius 1 is 0.581 bits per heavy atom. The maximum Gasteiger partial charge on any atom is 0.397 e. The monoisotopic (exact) mass is 910 g/mol. The van der Waals surface area contributed by atoms with Crippen molar-refractivity contribution < 1.29 is 57.0 Å². The average Bonchev–Trinajstić information content (AvgIpc) is 3.24. The molecule has 0 spiro atoms. The Balaban J connectivity index is 2.45. The van der Waals surface area contributed by atoms with E-state index in [1.807, 2.05) is 0 Å². The van der Waals surface area contributed by atoms with Crippen molar-refractivity contribution in [3.05, 3.63) is 0 Å². The molecule has 0 aliphatic carbocycles. The molecular weight excluding hydrogens is 815 g/mol. The molecule has 0 saturated carbocycles. The van der Waals surface area contributed by atoms with Crippen LogP contribution < -0.4 is 5.32 Å². The molecule has 0 aromatic rings. The van der Waals surface area contributed by atoms with Crippen LogP contribution in [0, 0.1) is 0 Å². The third-order valence-corrected chi connectivity index (χ3v) is 13.0. The Labute approximate surface area is 378 Å². The van der Waals surface area contributed by atoms with Crippen molar-refractivity contribution in [2.75, 3.05) is 13.2 Å². The van der Waals surface area contributed by atoms with Crippen molar-refractivity contribution in [1.29, 1.82) is 0 Å². The molecule has 1 aliphatic rings. The second-order valence-electron chi connectivity index (χ2n) is 18.3. The molecule has 14 heteroatoms. The highest BCUT2D eigenvalue weighted by Crippen LogP contribution is 2.26. The largest absolute Gasteiger partial charge is 0.397 e. The average molecular weight is 910 g/mol. The van der Waals surface area contributed by atoms with Crippen LogP contribution in [-0.2, 0) is 28.9 Å². The van der Waals surface area contributed by atoms with Crippen LogP contribution in [0.4, 0.5) is 0 Å². The minimum absolute atomic E-state index is 0.266. The maximum absolute atomic E-state index is 13.2. The number of unbranched alkanes of at least 4 members (excludes halogenated alkanes) is 31. The Morgan fingerprint density at radius 3 is 1.29 bits per heavy atom. The van der Waals surface area contributed by atoms with Gasteiger partial charge in [-0.25, -0.2) is 4.18 Å². The summed E-state index contributed by atoms with van der Waals surface area (Å²) in [6, 6.07) is -1.03. The van der Waals surface area contributed by atoms with Gasteiger partial charge in [-0.3, -0.25) is 9.35 Å². The van der Waals surface area contributed by atoms with E-state index in [1.165, 1.54) is 161 Å². The van der Waals surface area contributed by atoms with Gasteiger partial charge in [-0.05, 0) is 12.8 Å². The lowest BCUT2D eigenvalue weighted by Crippen LogP contribution is -2.61. The third kappa shape index (κ3) is 31.1. The van der Waals surface area contributed by atoms with Crippen molar-refractivity contribution in [3.8, 4) is 0 Å². The SMILES string of the molecule is CCCCCCCCCCCCCCCCCCCCCCC(O)C(=O)NC(COC1OC(CO)C(O)C(OS(=O)(=O)O)C1O)C(O)CCCCCCCCCCCCCCC. The normalized spacial score (nSPS) is 20.9. The first-order valence-corrected chi connectivity index (χ1v) is 26.9. The predicted octanol–water partition coefficient (Wildman–Crippen LogP) is 9.53. The van der Waals surface area contributed by atoms with Gasteiger partial charge in [0.05, 0.1) is 25.4 Å². The minimum Gasteiger partial charge on any atom is -0.394 e. The predicted molar refractivity (Wildman–Crippen MR) is 247 cm³/mol. The summed E-state index contributed by atoms with van der Waals surface area (Å²) in [4.78, 5) is 13.2. The smallest absolute Gasteiger partial charge is 0.394 e. The van der Waals surface area contributed by atoms with E-state index in [0.29, 0.717) is 19.3 Å². The highest BCUT2D eigenvalue weighted by atomic mass is 32.3. The number of nitrogens with one attached hydrogen (secondary N) is 1. The zero-order chi connectivity index (χ0) is 45.7. The van der Waals surface area contributed by atoms with Crippen molar-refractivity contribution in [2.45, 2.75) is 288 Å². The quantitative estimate of drug-likeness (QED) is 0.0225. The van der Waals surface area contributed by atoms with Crippen LogP contribution in [0.15, 0.2) is 0 Å². The summed E-state index contributed by atoms with van der Waals surface area (Å²) < 4.78 is 47.6. The van der Waals surface area contributed by atoms with E-state index in [9.17, 15) is 43.3 Å². The van der Waals surface area contributed by atoms with Crippen LogP contribution in [-0.4, -0.2) is 107 Å². The van der Waals surface area contributed by atoms with Gasteiger partial charge in [0.15, 0.2) is 6.29 Å². The summed E-state index contributed by atoms with van der Waals surface area (Å²) >= 11 is 0. The second kappa shape index (κ2) is 39.2. The highest BCUT2D eigenvalue weighted by molar-refractivity contribution is 7.80. The Morgan fingerprint density at radius 2 is 0.935 bits per heavy atom. The summed E-state index contributed by atoms with van der Waals surface area (Å²) in [7, 11) is -5.11. The number of aliphatic hydroxyl groups is 5. The fourth-order valence-electron chi connectivity index (χ4n) is 8.47. The van der Waals surface area contributed by atoms with E-state index in [4.69, 9.17) is 9.47 Å². The highest BCUT2D eigenvalue weighted by Gasteiger charge is 2.48. The van der Waals surface area contributed by atoms with E-state index in [1.54, 1.807) is 0 Å². The van der Waals surface area contributed by atoms with Crippen molar-refractivity contribution in [1.82, 2.24) is 5.32 Å². The van der Waals surface area contributed by atoms with Crippen molar-refractivity contribution in [3.63, 3.8) is 0 Å². The third-order valence-electron chi connectivity index (χ3n) is 12.5. The standard InChI is InChI=1S/C48H95NO12S/c1-3-5-7-9-11-13-15-17-18-19-20-21-22-23-25-27-29-31-33-35-37-42(52)47(55)49-40(41(51)36-34-32-30-28-26-24-16-14-12-10-8-6-4-2)39-59-48-45(54)46(61-62(56,57)58)44(53)43(38-50)60-48/h40-46,48,50-54H,3-39H2,1-2H3,(H,49,55)(H,56,57,58). The van der Waals surface area contributed by atoms with Crippen LogP contribution in [0.1, 0.15) is 239 Å². The molecule has 370 valence electrons. The number of carbonyl (C=O) groups excluding carboxylic acids is 1. The fraction of sp³-hybridized carbons (Fsp3) is 0.979. The van der Waals surface area contributed by atoms with E-state index in [-0.39, 0.29) is 6.42 Å². The van der Waals surface area contributed by atoms with Gasteiger partial charge in [-0.1, -0.05) is 226 Å². The van der Waals surface area contributed by atoms with E-state index < -0.39 is 78.5 Å². The second-order valence-corrected chi connectivity index (χ2v) is 19.3. The first-order valence-electron chi connectivity index (χ1n) is 25.5. The number of rotatable bonds is 44. The summed E-state index contributed by atoms with van der Waals surface area (Å²) in [6.45, 7) is 3.30. The molecule has 8 atom stereocenters. The van der Waals surface area contributed by atoms with Gasteiger partial charge >= 0.3 is 10.4 Å². The van der Waals surface area contributed by atoms with Crippen LogP contribution in [0.25, 0.3) is 0 Å². The maximum atomic E-state index is 13.2. The number of aliphatic hydroxyl groups excluding tert-OH is 5. The van der Waals surface area contributed by atoms with Crippen LogP contribution in [0.5, 0.6) is 0 Å². The van der Waals surface area contributed by atoms with E-state index >= 15 is 0 Å². The van der Waals surface area contributed by atoms with Crippen LogP contribution in [0.3, 0.4) is 0 Å². The molecule has 13 nitrogen and oxygen atoms in total. The molecule has 1 amide bonds. The molecule has 0 aromatic heterocycles. The number of ether oxygens (including phenoxy) is 2. The number of hydrogen-bond acceptors (Lipinski definition) is 11. The molecule has 1 saturated heterocycles. The molecule has 1 rings (SSSR count). The van der Waals surface area contributed by atoms with Gasteiger partial charge in [0.2, 0.25) is 5.91 Å². The number of amides is 1. The van der Waals surface area contributed by atoms with Crippen molar-refractivity contribution >= 4 is 16.3 Å². The minimum atomic E-state index is -5.11. The Hall–Kier alpha value is -0.940. The van der Waals surface area contributed by atoms with Crippen LogP contribution >= 0.6 is 0 Å². The first kappa shape index (κ1) is 59.1. The summed E-state index contributed by atoms with van der Waals surface area (Å²) in [5, 5.41) is 55.5. The van der Waals surface area contributed by atoms with Crippen LogP contribution in [0.2, 0.25) is 0 Å². The Kier molecular flexibility index (Phi) is 37.4. The number of hydrogen-bond donors (Lipinski definition) is 7. The zero-order valence-electron chi connectivity index (χ0n) is 39.3. The van der Waals surface area contributed by atoms with Crippen molar-refractivity contribution in [2.24, 2.45) is 0 Å². The van der Waals surface area contributed by atoms with Gasteiger partial charge < -0.3 is 40.3 Å². The zero-order valence-corrected chi connectivity index (χ0v) is 40.1. The van der Waals surface area contributed by atoms with Gasteiger partial charge in [0.25, 0.3) is 0 Å². The molecular formula is C48H95NO12S. The molecule has 1 fully saturated rings. The lowest BCUT2D eigenvalue weighted by atomic mass is 9.99. The Bertz CT molecular complexity index is 1130. The van der Waals surface area contributed by atoms with Gasteiger partial charge in [0.1, 0.15) is 30.5 Å². The molecule has 0 aromatic carbocycles. The summed E-state index contributed by atoms with van der Waals surface area (Å²) in [5.74, 6) is -0.665. The van der Waals surface area contributed by atoms with Gasteiger partial charge in [-0.2, -0.15) is 8.42 Å². The number of carbonyl (C=O) groups is 1. The molecule has 8 unspecified atom stereocenters. The van der Waals surface area contributed by atoms with E-state index in [0.717, 1.165) is 38.5 Å².